The van der Waals surface area contributed by atoms with Crippen LogP contribution in [0.1, 0.15) is 32.3 Å². The van der Waals surface area contributed by atoms with Crippen LogP contribution in [-0.4, -0.2) is 41.1 Å². The lowest BCUT2D eigenvalue weighted by atomic mass is 10.0. The average molecular weight is 356 g/mol. The second kappa shape index (κ2) is 9.47. The van der Waals surface area contributed by atoms with E-state index in [1.54, 1.807) is 6.92 Å². The molecule has 26 heavy (non-hydrogen) atoms. The topological polar surface area (TPSA) is 98.2 Å². The molecule has 1 unspecified atom stereocenters. The zero-order valence-corrected chi connectivity index (χ0v) is 15.1. The molecule has 2 rings (SSSR count). The van der Waals surface area contributed by atoms with Gasteiger partial charge in [0.05, 0.1) is 6.61 Å². The van der Waals surface area contributed by atoms with Crippen molar-refractivity contribution in [1.29, 1.82) is 5.26 Å². The van der Waals surface area contributed by atoms with Crippen molar-refractivity contribution in [2.24, 2.45) is 0 Å². The molecule has 0 radical (unpaired) electrons. The van der Waals surface area contributed by atoms with Crippen LogP contribution in [0.4, 0.5) is 4.79 Å². The first-order chi connectivity index (χ1) is 12.6. The molecule has 1 heterocycles. The van der Waals surface area contributed by atoms with E-state index < -0.39 is 18.0 Å². The van der Waals surface area contributed by atoms with Crippen molar-refractivity contribution in [3.63, 3.8) is 0 Å². The Labute approximate surface area is 152 Å². The molecule has 2 N–H and O–H groups in total. The van der Waals surface area contributed by atoms with Crippen LogP contribution >= 0.6 is 0 Å². The van der Waals surface area contributed by atoms with Gasteiger partial charge in [0.15, 0.2) is 6.19 Å². The van der Waals surface area contributed by atoms with Gasteiger partial charge in [-0.3, -0.25) is 4.79 Å². The number of para-hydroxylation sites is 1. The van der Waals surface area contributed by atoms with Gasteiger partial charge in [0.2, 0.25) is 0 Å². The molecule has 7 nitrogen and oxygen atoms in total. The van der Waals surface area contributed by atoms with Gasteiger partial charge in [-0.15, -0.1) is 0 Å². The van der Waals surface area contributed by atoms with Gasteiger partial charge < -0.3 is 15.0 Å². The van der Waals surface area contributed by atoms with E-state index in [-0.39, 0.29) is 13.0 Å². The Morgan fingerprint density at radius 1 is 1.35 bits per heavy atom. The number of hydrogen-bond donors (Lipinski definition) is 2. The van der Waals surface area contributed by atoms with Crippen LogP contribution in [-0.2, 0) is 16.0 Å². The van der Waals surface area contributed by atoms with E-state index in [1.807, 2.05) is 43.6 Å². The normalized spacial score (nSPS) is 11.6. The standard InChI is InChI=1S/C19H24N4O3/c1-3-5-10-26-19(25)22-17(18(24)23(4-2)13-20)11-14-12-21-16-9-7-6-8-15(14)16/h6-9,12,17,21H,3-5,10-11H2,1-2H3,(H,22,25). The zero-order chi connectivity index (χ0) is 18.9. The minimum Gasteiger partial charge on any atom is -0.450 e. The second-order valence-electron chi connectivity index (χ2n) is 5.93. The molecule has 1 aromatic carbocycles. The van der Waals surface area contributed by atoms with E-state index in [1.165, 1.54) is 0 Å². The van der Waals surface area contributed by atoms with Crippen LogP contribution in [0.3, 0.4) is 0 Å². The molecule has 7 heteroatoms. The molecular formula is C19H24N4O3. The lowest BCUT2D eigenvalue weighted by Crippen LogP contribution is -2.48. The largest absolute Gasteiger partial charge is 0.450 e. The number of amides is 2. The number of carbonyl (C=O) groups excluding carboxylic acids is 2. The number of aromatic nitrogens is 1. The van der Waals surface area contributed by atoms with Gasteiger partial charge in [0.1, 0.15) is 6.04 Å². The summed E-state index contributed by atoms with van der Waals surface area (Å²) in [7, 11) is 0. The number of hydrogen-bond acceptors (Lipinski definition) is 4. The molecule has 0 spiro atoms. The summed E-state index contributed by atoms with van der Waals surface area (Å²) in [5, 5.41) is 12.7. The van der Waals surface area contributed by atoms with Crippen molar-refractivity contribution in [3.8, 4) is 6.19 Å². The monoisotopic (exact) mass is 356 g/mol. The highest BCUT2D eigenvalue weighted by Gasteiger charge is 2.27. The molecule has 1 atom stereocenters. The van der Waals surface area contributed by atoms with E-state index >= 15 is 0 Å². The lowest BCUT2D eigenvalue weighted by molar-refractivity contribution is -0.130. The van der Waals surface area contributed by atoms with Crippen LogP contribution in [0.15, 0.2) is 30.5 Å². The summed E-state index contributed by atoms with van der Waals surface area (Å²) in [5.74, 6) is -0.451. The van der Waals surface area contributed by atoms with Gasteiger partial charge in [-0.1, -0.05) is 31.5 Å². The number of H-pyrrole nitrogens is 1. The fourth-order valence-corrected chi connectivity index (χ4v) is 2.68. The Morgan fingerprint density at radius 3 is 2.81 bits per heavy atom. The smallest absolute Gasteiger partial charge is 0.407 e. The highest BCUT2D eigenvalue weighted by atomic mass is 16.5. The number of nitrogens with one attached hydrogen (secondary N) is 2. The summed E-state index contributed by atoms with van der Waals surface area (Å²) < 4.78 is 5.11. The van der Waals surface area contributed by atoms with Crippen LogP contribution < -0.4 is 5.32 Å². The predicted molar refractivity (Wildman–Crippen MR) is 98.2 cm³/mol. The Bertz CT molecular complexity index is 793. The molecule has 0 saturated heterocycles. The number of nitrogens with zero attached hydrogens (tertiary/aromatic N) is 2. The van der Waals surface area contributed by atoms with E-state index in [2.05, 4.69) is 10.3 Å². The summed E-state index contributed by atoms with van der Waals surface area (Å²) >= 11 is 0. The third-order valence-electron chi connectivity index (χ3n) is 4.12. The molecule has 0 bridgehead atoms. The number of benzene rings is 1. The highest BCUT2D eigenvalue weighted by molar-refractivity contribution is 5.89. The maximum absolute atomic E-state index is 12.7. The summed E-state index contributed by atoms with van der Waals surface area (Å²) in [6.07, 6.45) is 4.96. The van der Waals surface area contributed by atoms with Crippen molar-refractivity contribution in [1.82, 2.24) is 15.2 Å². The average Bonchev–Trinajstić information content (AvgIpc) is 3.05. The van der Waals surface area contributed by atoms with Crippen LogP contribution in [0.2, 0.25) is 0 Å². The van der Waals surface area contributed by atoms with E-state index in [0.29, 0.717) is 6.61 Å². The van der Waals surface area contributed by atoms with Crippen LogP contribution in [0.5, 0.6) is 0 Å². The number of nitriles is 1. The summed E-state index contributed by atoms with van der Waals surface area (Å²) in [4.78, 5) is 28.9. The van der Waals surface area contributed by atoms with E-state index in [4.69, 9.17) is 10.00 Å². The quantitative estimate of drug-likeness (QED) is 0.431. The zero-order valence-electron chi connectivity index (χ0n) is 15.1. The molecule has 138 valence electrons. The number of aromatic amines is 1. The minimum absolute atomic E-state index is 0.242. The third-order valence-corrected chi connectivity index (χ3v) is 4.12. The third kappa shape index (κ3) is 4.76. The molecule has 0 saturated carbocycles. The summed E-state index contributed by atoms with van der Waals surface area (Å²) in [6, 6.07) is 6.85. The van der Waals surface area contributed by atoms with Gasteiger partial charge in [-0.2, -0.15) is 5.26 Å². The van der Waals surface area contributed by atoms with Crippen molar-refractivity contribution < 1.29 is 14.3 Å². The number of fused-ring (bicyclic) bond motifs is 1. The molecule has 1 aromatic heterocycles. The number of carbonyl (C=O) groups is 2. The molecule has 2 aromatic rings. The van der Waals surface area contributed by atoms with Crippen molar-refractivity contribution in [2.45, 2.75) is 39.2 Å². The van der Waals surface area contributed by atoms with Crippen molar-refractivity contribution in [2.75, 3.05) is 13.2 Å². The Morgan fingerprint density at radius 2 is 2.12 bits per heavy atom. The van der Waals surface area contributed by atoms with Gasteiger partial charge in [-0.25, -0.2) is 9.69 Å². The first kappa shape index (κ1) is 19.3. The Hall–Kier alpha value is -3.01. The van der Waals surface area contributed by atoms with Crippen molar-refractivity contribution in [3.05, 3.63) is 36.0 Å². The van der Waals surface area contributed by atoms with Crippen LogP contribution in [0, 0.1) is 11.5 Å². The van der Waals surface area contributed by atoms with Crippen molar-refractivity contribution >= 4 is 22.9 Å². The van der Waals surface area contributed by atoms with Gasteiger partial charge in [0.25, 0.3) is 5.91 Å². The summed E-state index contributed by atoms with van der Waals surface area (Å²) in [6.45, 7) is 4.25. The van der Waals surface area contributed by atoms with Gasteiger partial charge in [0, 0.05) is 30.1 Å². The number of unbranched alkanes of at least 4 members (excludes halogenated alkanes) is 1. The first-order valence-corrected chi connectivity index (χ1v) is 8.80. The second-order valence-corrected chi connectivity index (χ2v) is 5.93. The van der Waals surface area contributed by atoms with E-state index in [0.717, 1.165) is 34.2 Å². The first-order valence-electron chi connectivity index (χ1n) is 8.80. The van der Waals surface area contributed by atoms with Gasteiger partial charge in [-0.05, 0) is 25.0 Å². The predicted octanol–water partition coefficient (Wildman–Crippen LogP) is 2.93. The highest BCUT2D eigenvalue weighted by Crippen LogP contribution is 2.19. The Kier molecular flexibility index (Phi) is 7.03. The Balaban J connectivity index is 2.18. The number of likely N-dealkylation sites (N-methyl/N-ethyl adjacent to an activating group) is 1. The molecule has 0 aliphatic carbocycles. The van der Waals surface area contributed by atoms with E-state index in [9.17, 15) is 9.59 Å². The summed E-state index contributed by atoms with van der Waals surface area (Å²) in [5.41, 5.74) is 1.84. The molecule has 0 fully saturated rings. The maximum atomic E-state index is 12.7. The van der Waals surface area contributed by atoms with Crippen LogP contribution in [0.25, 0.3) is 10.9 Å². The minimum atomic E-state index is -0.872. The number of alkyl carbamates (subject to hydrolysis) is 1. The molecule has 2 amide bonds. The number of ether oxygens (including phenoxy) is 1. The number of rotatable bonds is 8. The SMILES string of the molecule is CCCCOC(=O)NC(Cc1c[nH]c2ccccc12)C(=O)N(C#N)CC. The fraction of sp³-hybridized carbons (Fsp3) is 0.421. The molecule has 0 aliphatic rings. The molecular weight excluding hydrogens is 332 g/mol. The maximum Gasteiger partial charge on any atom is 0.407 e. The van der Waals surface area contributed by atoms with Gasteiger partial charge >= 0.3 is 6.09 Å². The molecule has 0 aliphatic heterocycles. The fourth-order valence-electron chi connectivity index (χ4n) is 2.68. The lowest BCUT2D eigenvalue weighted by Gasteiger charge is -2.21.